The summed E-state index contributed by atoms with van der Waals surface area (Å²) in [6.07, 6.45) is 3.42. The third kappa shape index (κ3) is 2.88. The standard InChI is InChI=1S/C10H14O4/c1-2-3-5-13-7-8-4-6-14-9(8)10(11)12/h4,6H,2-3,5,7H2,1H3,(H,11,12). The lowest BCUT2D eigenvalue weighted by Gasteiger charge is -2.01. The van der Waals surface area contributed by atoms with Crippen LogP contribution in [0.3, 0.4) is 0 Å². The van der Waals surface area contributed by atoms with E-state index in [9.17, 15) is 4.79 Å². The molecule has 4 nitrogen and oxygen atoms in total. The SMILES string of the molecule is CCCCOCc1ccoc1C(=O)O. The molecule has 0 bridgehead atoms. The molecule has 14 heavy (non-hydrogen) atoms. The summed E-state index contributed by atoms with van der Waals surface area (Å²) in [7, 11) is 0. The number of aromatic carboxylic acids is 1. The van der Waals surface area contributed by atoms with Crippen molar-refractivity contribution in [3.8, 4) is 0 Å². The van der Waals surface area contributed by atoms with E-state index < -0.39 is 5.97 Å². The number of carbonyl (C=O) groups is 1. The van der Waals surface area contributed by atoms with Crippen LogP contribution < -0.4 is 0 Å². The zero-order valence-corrected chi connectivity index (χ0v) is 8.16. The fraction of sp³-hybridized carbons (Fsp3) is 0.500. The van der Waals surface area contributed by atoms with E-state index in [-0.39, 0.29) is 5.76 Å². The van der Waals surface area contributed by atoms with Crippen molar-refractivity contribution in [1.82, 2.24) is 0 Å². The molecule has 0 saturated heterocycles. The lowest BCUT2D eigenvalue weighted by Crippen LogP contribution is -2.01. The van der Waals surface area contributed by atoms with E-state index in [0.717, 1.165) is 12.8 Å². The van der Waals surface area contributed by atoms with Crippen molar-refractivity contribution in [2.24, 2.45) is 0 Å². The van der Waals surface area contributed by atoms with E-state index >= 15 is 0 Å². The van der Waals surface area contributed by atoms with E-state index in [4.69, 9.17) is 14.3 Å². The average molecular weight is 198 g/mol. The Kier molecular flexibility index (Phi) is 4.19. The van der Waals surface area contributed by atoms with Crippen LogP contribution in [0.15, 0.2) is 16.7 Å². The summed E-state index contributed by atoms with van der Waals surface area (Å²) >= 11 is 0. The largest absolute Gasteiger partial charge is 0.475 e. The first-order chi connectivity index (χ1) is 6.75. The highest BCUT2D eigenvalue weighted by Crippen LogP contribution is 2.11. The Morgan fingerprint density at radius 1 is 1.64 bits per heavy atom. The number of hydrogen-bond acceptors (Lipinski definition) is 3. The molecule has 0 unspecified atom stereocenters. The molecule has 1 N–H and O–H groups in total. The fourth-order valence-electron chi connectivity index (χ4n) is 1.07. The minimum atomic E-state index is -1.05. The molecular weight excluding hydrogens is 184 g/mol. The zero-order valence-electron chi connectivity index (χ0n) is 8.16. The second kappa shape index (κ2) is 5.44. The highest BCUT2D eigenvalue weighted by molar-refractivity contribution is 5.85. The van der Waals surface area contributed by atoms with Crippen molar-refractivity contribution in [3.05, 3.63) is 23.7 Å². The van der Waals surface area contributed by atoms with Gasteiger partial charge in [-0.25, -0.2) is 4.79 Å². The molecule has 4 heteroatoms. The fourth-order valence-corrected chi connectivity index (χ4v) is 1.07. The molecule has 0 atom stereocenters. The smallest absolute Gasteiger partial charge is 0.372 e. The van der Waals surface area contributed by atoms with Crippen LogP contribution in [0.5, 0.6) is 0 Å². The van der Waals surface area contributed by atoms with Gasteiger partial charge in [-0.15, -0.1) is 0 Å². The van der Waals surface area contributed by atoms with Crippen LogP contribution >= 0.6 is 0 Å². The first kappa shape index (κ1) is 10.8. The molecule has 0 saturated carbocycles. The van der Waals surface area contributed by atoms with Crippen molar-refractivity contribution < 1.29 is 19.1 Å². The van der Waals surface area contributed by atoms with Gasteiger partial charge in [0.25, 0.3) is 0 Å². The molecule has 0 aliphatic rings. The topological polar surface area (TPSA) is 59.7 Å². The van der Waals surface area contributed by atoms with Crippen molar-refractivity contribution >= 4 is 5.97 Å². The molecule has 0 aliphatic heterocycles. The van der Waals surface area contributed by atoms with Gasteiger partial charge in [-0.1, -0.05) is 13.3 Å². The van der Waals surface area contributed by atoms with Crippen LogP contribution in [0, 0.1) is 0 Å². The van der Waals surface area contributed by atoms with Gasteiger partial charge in [0.15, 0.2) is 0 Å². The molecule has 0 amide bonds. The minimum Gasteiger partial charge on any atom is -0.475 e. The molecule has 0 radical (unpaired) electrons. The van der Waals surface area contributed by atoms with Crippen LogP contribution in [0.2, 0.25) is 0 Å². The number of rotatable bonds is 6. The molecule has 0 aliphatic carbocycles. The number of furan rings is 1. The number of carboxylic acids is 1. The lowest BCUT2D eigenvalue weighted by molar-refractivity contribution is 0.0649. The number of hydrogen-bond donors (Lipinski definition) is 1. The average Bonchev–Trinajstić information content (AvgIpc) is 2.60. The normalized spacial score (nSPS) is 10.4. The first-order valence-electron chi connectivity index (χ1n) is 4.63. The Bertz CT molecular complexity index is 290. The van der Waals surface area contributed by atoms with Gasteiger partial charge >= 0.3 is 5.97 Å². The van der Waals surface area contributed by atoms with Gasteiger partial charge in [-0.3, -0.25) is 0 Å². The van der Waals surface area contributed by atoms with Crippen molar-refractivity contribution in [2.45, 2.75) is 26.4 Å². The third-order valence-electron chi connectivity index (χ3n) is 1.84. The van der Waals surface area contributed by atoms with Crippen molar-refractivity contribution in [3.63, 3.8) is 0 Å². The quantitative estimate of drug-likeness (QED) is 0.712. The molecule has 1 heterocycles. The molecule has 0 aromatic carbocycles. The Morgan fingerprint density at radius 3 is 3.07 bits per heavy atom. The Balaban J connectivity index is 2.42. The highest BCUT2D eigenvalue weighted by atomic mass is 16.5. The maximum Gasteiger partial charge on any atom is 0.372 e. The second-order valence-corrected chi connectivity index (χ2v) is 2.99. The number of carboxylic acid groups (broad SMARTS) is 1. The third-order valence-corrected chi connectivity index (χ3v) is 1.84. The van der Waals surface area contributed by atoms with Crippen LogP contribution in [0.25, 0.3) is 0 Å². The van der Waals surface area contributed by atoms with E-state index in [1.54, 1.807) is 6.07 Å². The Labute approximate surface area is 82.5 Å². The van der Waals surface area contributed by atoms with E-state index in [2.05, 4.69) is 6.92 Å². The zero-order chi connectivity index (χ0) is 10.4. The Morgan fingerprint density at radius 2 is 2.43 bits per heavy atom. The van der Waals surface area contributed by atoms with Gasteiger partial charge in [-0.05, 0) is 12.5 Å². The van der Waals surface area contributed by atoms with Crippen LogP contribution in [0.1, 0.15) is 35.9 Å². The van der Waals surface area contributed by atoms with Gasteiger partial charge in [0.05, 0.1) is 12.9 Å². The van der Waals surface area contributed by atoms with Gasteiger partial charge in [-0.2, -0.15) is 0 Å². The highest BCUT2D eigenvalue weighted by Gasteiger charge is 2.13. The predicted molar refractivity (Wildman–Crippen MR) is 50.2 cm³/mol. The molecule has 0 fully saturated rings. The van der Waals surface area contributed by atoms with Gasteiger partial charge in [0.2, 0.25) is 5.76 Å². The molecule has 1 aromatic heterocycles. The molecule has 78 valence electrons. The molecular formula is C10H14O4. The summed E-state index contributed by atoms with van der Waals surface area (Å²) < 4.78 is 10.1. The summed E-state index contributed by atoms with van der Waals surface area (Å²) in [5.41, 5.74) is 0.591. The maximum atomic E-state index is 10.6. The van der Waals surface area contributed by atoms with Crippen LogP contribution in [0.4, 0.5) is 0 Å². The monoisotopic (exact) mass is 198 g/mol. The lowest BCUT2D eigenvalue weighted by atomic mass is 10.2. The number of unbranched alkanes of at least 4 members (excludes halogenated alkanes) is 1. The predicted octanol–water partition coefficient (Wildman–Crippen LogP) is 2.29. The maximum absolute atomic E-state index is 10.6. The van der Waals surface area contributed by atoms with Gasteiger partial charge in [0.1, 0.15) is 0 Å². The van der Waals surface area contributed by atoms with Crippen molar-refractivity contribution in [1.29, 1.82) is 0 Å². The van der Waals surface area contributed by atoms with Gasteiger partial charge < -0.3 is 14.3 Å². The summed E-state index contributed by atoms with van der Waals surface area (Å²) in [4.78, 5) is 10.6. The van der Waals surface area contributed by atoms with Crippen LogP contribution in [-0.4, -0.2) is 17.7 Å². The molecule has 1 aromatic rings. The summed E-state index contributed by atoms with van der Waals surface area (Å²) in [5, 5.41) is 8.71. The van der Waals surface area contributed by atoms with E-state index in [1.165, 1.54) is 6.26 Å². The van der Waals surface area contributed by atoms with Crippen molar-refractivity contribution in [2.75, 3.05) is 6.61 Å². The summed E-state index contributed by atoms with van der Waals surface area (Å²) in [6, 6.07) is 1.62. The summed E-state index contributed by atoms with van der Waals surface area (Å²) in [5.74, 6) is -1.08. The Hall–Kier alpha value is -1.29. The summed E-state index contributed by atoms with van der Waals surface area (Å²) in [6.45, 7) is 3.03. The van der Waals surface area contributed by atoms with E-state index in [1.807, 2.05) is 0 Å². The second-order valence-electron chi connectivity index (χ2n) is 2.99. The van der Waals surface area contributed by atoms with Gasteiger partial charge in [0, 0.05) is 12.2 Å². The van der Waals surface area contributed by atoms with Crippen LogP contribution in [-0.2, 0) is 11.3 Å². The number of ether oxygens (including phenoxy) is 1. The molecule has 0 spiro atoms. The minimum absolute atomic E-state index is 0.0264. The molecule has 1 rings (SSSR count). The van der Waals surface area contributed by atoms with E-state index in [0.29, 0.717) is 18.8 Å². The first-order valence-corrected chi connectivity index (χ1v) is 4.63.